The fraction of sp³-hybridized carbons (Fsp3) is 0.0714. The van der Waals surface area contributed by atoms with Crippen LogP contribution in [0.15, 0.2) is 40.9 Å². The standard InChI is InChI=1S/C14H9BrO2/c15-11-2-4-13-10(7-11)6-9-5-8(14(16)17)1-3-12(9)13/h1-5,7H,6H2,(H,16,17). The van der Waals surface area contributed by atoms with Gasteiger partial charge in [0.2, 0.25) is 0 Å². The van der Waals surface area contributed by atoms with Gasteiger partial charge in [-0.15, -0.1) is 0 Å². The second-order valence-electron chi connectivity index (χ2n) is 4.16. The second kappa shape index (κ2) is 3.70. The third-order valence-corrected chi connectivity index (χ3v) is 3.58. The van der Waals surface area contributed by atoms with Gasteiger partial charge in [0.1, 0.15) is 0 Å². The Hall–Kier alpha value is -1.61. The molecule has 0 heterocycles. The topological polar surface area (TPSA) is 37.3 Å². The van der Waals surface area contributed by atoms with Crippen molar-refractivity contribution in [1.82, 2.24) is 0 Å². The largest absolute Gasteiger partial charge is 0.478 e. The zero-order chi connectivity index (χ0) is 12.0. The summed E-state index contributed by atoms with van der Waals surface area (Å²) in [6.07, 6.45) is 0.811. The van der Waals surface area contributed by atoms with Crippen molar-refractivity contribution < 1.29 is 9.90 Å². The van der Waals surface area contributed by atoms with Gasteiger partial charge in [0.05, 0.1) is 5.56 Å². The van der Waals surface area contributed by atoms with Crippen LogP contribution in [0.3, 0.4) is 0 Å². The fourth-order valence-corrected chi connectivity index (χ4v) is 2.72. The molecule has 1 N–H and O–H groups in total. The molecular weight excluding hydrogens is 280 g/mol. The third-order valence-electron chi connectivity index (χ3n) is 3.09. The molecule has 0 spiro atoms. The molecule has 0 aliphatic heterocycles. The molecule has 2 aromatic rings. The number of fused-ring (bicyclic) bond motifs is 3. The summed E-state index contributed by atoms with van der Waals surface area (Å²) in [6, 6.07) is 11.5. The molecule has 0 radical (unpaired) electrons. The molecule has 0 aromatic heterocycles. The lowest BCUT2D eigenvalue weighted by Crippen LogP contribution is -1.96. The minimum atomic E-state index is -0.870. The predicted octanol–water partition coefficient (Wildman–Crippen LogP) is 3.72. The minimum absolute atomic E-state index is 0.357. The van der Waals surface area contributed by atoms with Gasteiger partial charge in [-0.2, -0.15) is 0 Å². The molecule has 3 heteroatoms. The van der Waals surface area contributed by atoms with Gasteiger partial charge in [-0.1, -0.05) is 28.1 Å². The Morgan fingerprint density at radius 3 is 2.41 bits per heavy atom. The summed E-state index contributed by atoms with van der Waals surface area (Å²) in [7, 11) is 0. The highest BCUT2D eigenvalue weighted by molar-refractivity contribution is 9.10. The highest BCUT2D eigenvalue weighted by Gasteiger charge is 2.19. The summed E-state index contributed by atoms with van der Waals surface area (Å²) >= 11 is 3.45. The van der Waals surface area contributed by atoms with E-state index in [4.69, 9.17) is 5.11 Å². The number of aromatic carboxylic acids is 1. The number of carboxylic acids is 1. The summed E-state index contributed by atoms with van der Waals surface area (Å²) in [5.41, 5.74) is 5.06. The van der Waals surface area contributed by atoms with E-state index in [1.165, 1.54) is 11.1 Å². The maximum atomic E-state index is 10.9. The van der Waals surface area contributed by atoms with Crippen LogP contribution in [0.5, 0.6) is 0 Å². The summed E-state index contributed by atoms with van der Waals surface area (Å²) < 4.78 is 1.06. The van der Waals surface area contributed by atoms with E-state index in [2.05, 4.69) is 28.1 Å². The number of rotatable bonds is 1. The van der Waals surface area contributed by atoms with Crippen LogP contribution in [0.25, 0.3) is 11.1 Å². The quantitative estimate of drug-likeness (QED) is 0.741. The lowest BCUT2D eigenvalue weighted by molar-refractivity contribution is 0.0697. The highest BCUT2D eigenvalue weighted by atomic mass is 79.9. The number of carboxylic acid groups (broad SMARTS) is 1. The van der Waals surface area contributed by atoms with Gasteiger partial charge in [-0.25, -0.2) is 4.79 Å². The van der Waals surface area contributed by atoms with E-state index < -0.39 is 5.97 Å². The van der Waals surface area contributed by atoms with Crippen LogP contribution in [0, 0.1) is 0 Å². The zero-order valence-corrected chi connectivity index (χ0v) is 10.5. The van der Waals surface area contributed by atoms with E-state index in [1.54, 1.807) is 12.1 Å². The molecule has 0 saturated heterocycles. The van der Waals surface area contributed by atoms with Gasteiger partial charge < -0.3 is 5.11 Å². The summed E-state index contributed by atoms with van der Waals surface area (Å²) in [5, 5.41) is 8.97. The van der Waals surface area contributed by atoms with Crippen molar-refractivity contribution in [2.75, 3.05) is 0 Å². The van der Waals surface area contributed by atoms with E-state index in [1.807, 2.05) is 12.1 Å². The van der Waals surface area contributed by atoms with Crippen molar-refractivity contribution in [3.8, 4) is 11.1 Å². The normalized spacial score (nSPS) is 12.1. The van der Waals surface area contributed by atoms with Crippen molar-refractivity contribution in [3.05, 3.63) is 57.6 Å². The molecule has 0 saturated carbocycles. The van der Waals surface area contributed by atoms with Crippen molar-refractivity contribution in [2.45, 2.75) is 6.42 Å². The Morgan fingerprint density at radius 2 is 1.71 bits per heavy atom. The molecule has 0 fully saturated rings. The van der Waals surface area contributed by atoms with Crippen LogP contribution >= 0.6 is 15.9 Å². The molecule has 0 amide bonds. The molecule has 17 heavy (non-hydrogen) atoms. The smallest absolute Gasteiger partial charge is 0.335 e. The van der Waals surface area contributed by atoms with E-state index in [9.17, 15) is 4.79 Å². The Kier molecular flexibility index (Phi) is 2.30. The minimum Gasteiger partial charge on any atom is -0.478 e. The first kappa shape index (κ1) is 10.5. The average Bonchev–Trinajstić information content (AvgIpc) is 2.64. The molecule has 2 aromatic carbocycles. The van der Waals surface area contributed by atoms with E-state index >= 15 is 0 Å². The molecule has 1 aliphatic carbocycles. The van der Waals surface area contributed by atoms with Crippen LogP contribution in [0.1, 0.15) is 21.5 Å². The number of halogens is 1. The molecule has 0 atom stereocenters. The monoisotopic (exact) mass is 288 g/mol. The number of hydrogen-bond acceptors (Lipinski definition) is 1. The molecule has 3 rings (SSSR count). The van der Waals surface area contributed by atoms with E-state index in [0.717, 1.165) is 22.0 Å². The van der Waals surface area contributed by atoms with Crippen molar-refractivity contribution in [3.63, 3.8) is 0 Å². The van der Waals surface area contributed by atoms with Crippen molar-refractivity contribution >= 4 is 21.9 Å². The molecule has 0 bridgehead atoms. The first-order valence-corrected chi connectivity index (χ1v) is 6.09. The molecule has 0 unspecified atom stereocenters. The molecule has 84 valence electrons. The van der Waals surface area contributed by atoms with Crippen LogP contribution in [-0.4, -0.2) is 11.1 Å². The fourth-order valence-electron chi connectivity index (χ4n) is 2.31. The number of hydrogen-bond donors (Lipinski definition) is 1. The average molecular weight is 289 g/mol. The Morgan fingerprint density at radius 1 is 1.06 bits per heavy atom. The van der Waals surface area contributed by atoms with Gasteiger partial charge in [-0.3, -0.25) is 0 Å². The van der Waals surface area contributed by atoms with Crippen molar-refractivity contribution in [1.29, 1.82) is 0 Å². The van der Waals surface area contributed by atoms with Gasteiger partial charge in [0.25, 0.3) is 0 Å². The van der Waals surface area contributed by atoms with E-state index in [0.29, 0.717) is 5.56 Å². The summed E-state index contributed by atoms with van der Waals surface area (Å²) in [4.78, 5) is 10.9. The lowest BCUT2D eigenvalue weighted by atomic mass is 10.0. The van der Waals surface area contributed by atoms with Gasteiger partial charge in [0.15, 0.2) is 0 Å². The number of benzene rings is 2. The highest BCUT2D eigenvalue weighted by Crippen LogP contribution is 2.38. The van der Waals surface area contributed by atoms with Crippen molar-refractivity contribution in [2.24, 2.45) is 0 Å². The first-order chi connectivity index (χ1) is 8.15. The predicted molar refractivity (Wildman–Crippen MR) is 69.3 cm³/mol. The number of carbonyl (C=O) groups is 1. The molecule has 1 aliphatic rings. The van der Waals surface area contributed by atoms with Crippen LogP contribution < -0.4 is 0 Å². The summed E-state index contributed by atoms with van der Waals surface area (Å²) in [6.45, 7) is 0. The zero-order valence-electron chi connectivity index (χ0n) is 8.90. The molecule has 2 nitrogen and oxygen atoms in total. The summed E-state index contributed by atoms with van der Waals surface area (Å²) in [5.74, 6) is -0.870. The Labute approximate surface area is 107 Å². The van der Waals surface area contributed by atoms with Gasteiger partial charge in [-0.05, 0) is 52.9 Å². The Balaban J connectivity index is 2.15. The lowest BCUT2D eigenvalue weighted by Gasteiger charge is -2.02. The van der Waals surface area contributed by atoms with Crippen LogP contribution in [-0.2, 0) is 6.42 Å². The van der Waals surface area contributed by atoms with E-state index in [-0.39, 0.29) is 0 Å². The van der Waals surface area contributed by atoms with Crippen LogP contribution in [0.2, 0.25) is 0 Å². The SMILES string of the molecule is O=C(O)c1ccc2c(c1)Cc1cc(Br)ccc1-2. The first-order valence-electron chi connectivity index (χ1n) is 5.30. The van der Waals surface area contributed by atoms with Gasteiger partial charge >= 0.3 is 5.97 Å². The molecular formula is C14H9BrO2. The Bertz CT molecular complexity index is 632. The van der Waals surface area contributed by atoms with Crippen LogP contribution in [0.4, 0.5) is 0 Å². The maximum absolute atomic E-state index is 10.9. The maximum Gasteiger partial charge on any atom is 0.335 e. The third kappa shape index (κ3) is 1.67. The van der Waals surface area contributed by atoms with Gasteiger partial charge in [0, 0.05) is 4.47 Å². The second-order valence-corrected chi connectivity index (χ2v) is 5.07.